The minimum Gasteiger partial charge on any atom is -0.399 e. The lowest BCUT2D eigenvalue weighted by atomic mass is 9.96. The minimum absolute atomic E-state index is 0.170. The van der Waals surface area contributed by atoms with Gasteiger partial charge in [0.25, 0.3) is 11.8 Å². The third-order valence-electron chi connectivity index (χ3n) is 4.18. The van der Waals surface area contributed by atoms with Gasteiger partial charge in [-0.3, -0.25) is 4.79 Å². The summed E-state index contributed by atoms with van der Waals surface area (Å²) >= 11 is 0. The molecule has 0 aliphatic carbocycles. The molecule has 2 aromatic carbocycles. The SMILES string of the molecule is CC(C)(C)c1noc(-c2ccccc2C(=O)NCCc2ccc(N)cc2)n1. The fraction of sp³-hybridized carbons (Fsp3) is 0.286. The van der Waals surface area contributed by atoms with Gasteiger partial charge in [-0.05, 0) is 36.2 Å². The number of carbonyl (C=O) groups excluding carboxylic acids is 1. The van der Waals surface area contributed by atoms with Crippen molar-refractivity contribution in [3.63, 3.8) is 0 Å². The molecular weight excluding hydrogens is 340 g/mol. The predicted molar refractivity (Wildman–Crippen MR) is 105 cm³/mol. The van der Waals surface area contributed by atoms with Gasteiger partial charge in [0.2, 0.25) is 0 Å². The van der Waals surface area contributed by atoms with Crippen LogP contribution in [0.15, 0.2) is 53.1 Å². The van der Waals surface area contributed by atoms with Gasteiger partial charge < -0.3 is 15.6 Å². The Hall–Kier alpha value is -3.15. The van der Waals surface area contributed by atoms with Crippen molar-refractivity contribution in [2.45, 2.75) is 32.6 Å². The molecular formula is C21H24N4O2. The molecule has 0 bridgehead atoms. The van der Waals surface area contributed by atoms with Crippen LogP contribution in [0.1, 0.15) is 42.5 Å². The maximum atomic E-state index is 12.7. The van der Waals surface area contributed by atoms with Gasteiger partial charge in [-0.25, -0.2) is 0 Å². The van der Waals surface area contributed by atoms with Crippen LogP contribution < -0.4 is 11.1 Å². The van der Waals surface area contributed by atoms with Crippen molar-refractivity contribution < 1.29 is 9.32 Å². The maximum absolute atomic E-state index is 12.7. The number of rotatable bonds is 5. The largest absolute Gasteiger partial charge is 0.399 e. The van der Waals surface area contributed by atoms with Gasteiger partial charge in [0.1, 0.15) is 0 Å². The number of anilines is 1. The zero-order chi connectivity index (χ0) is 19.4. The van der Waals surface area contributed by atoms with E-state index in [-0.39, 0.29) is 11.3 Å². The Morgan fingerprint density at radius 3 is 2.48 bits per heavy atom. The van der Waals surface area contributed by atoms with Gasteiger partial charge in [-0.1, -0.05) is 50.2 Å². The van der Waals surface area contributed by atoms with E-state index in [9.17, 15) is 4.79 Å². The van der Waals surface area contributed by atoms with Crippen molar-refractivity contribution in [1.29, 1.82) is 0 Å². The molecule has 0 unspecified atom stereocenters. The molecule has 0 saturated carbocycles. The quantitative estimate of drug-likeness (QED) is 0.675. The smallest absolute Gasteiger partial charge is 0.258 e. The van der Waals surface area contributed by atoms with Crippen LogP contribution in [-0.4, -0.2) is 22.6 Å². The number of benzene rings is 2. The summed E-state index contributed by atoms with van der Waals surface area (Å²) < 4.78 is 5.40. The summed E-state index contributed by atoms with van der Waals surface area (Å²) in [5, 5.41) is 6.99. The first-order valence-electron chi connectivity index (χ1n) is 8.91. The van der Waals surface area contributed by atoms with E-state index in [0.29, 0.717) is 29.4 Å². The first-order chi connectivity index (χ1) is 12.8. The predicted octanol–water partition coefficient (Wildman–Crippen LogP) is 3.59. The second-order valence-electron chi connectivity index (χ2n) is 7.47. The molecule has 1 heterocycles. The van der Waals surface area contributed by atoms with Crippen molar-refractivity contribution in [2.24, 2.45) is 0 Å². The molecule has 1 amide bonds. The second kappa shape index (κ2) is 7.61. The third kappa shape index (κ3) is 4.53. The molecule has 0 saturated heterocycles. The van der Waals surface area contributed by atoms with Crippen LogP contribution in [0, 0.1) is 0 Å². The summed E-state index contributed by atoms with van der Waals surface area (Å²) in [4.78, 5) is 17.1. The lowest BCUT2D eigenvalue weighted by molar-refractivity contribution is 0.0954. The summed E-state index contributed by atoms with van der Waals surface area (Å²) in [6, 6.07) is 14.9. The number of aromatic nitrogens is 2. The fourth-order valence-corrected chi connectivity index (χ4v) is 2.61. The van der Waals surface area contributed by atoms with Gasteiger partial charge in [0.15, 0.2) is 5.82 Å². The Labute approximate surface area is 158 Å². The van der Waals surface area contributed by atoms with Crippen LogP contribution in [-0.2, 0) is 11.8 Å². The van der Waals surface area contributed by atoms with Crippen molar-refractivity contribution in [3.05, 3.63) is 65.5 Å². The summed E-state index contributed by atoms with van der Waals surface area (Å²) in [6.07, 6.45) is 0.725. The molecule has 0 aliphatic heterocycles. The van der Waals surface area contributed by atoms with E-state index in [1.165, 1.54) is 0 Å². The molecule has 6 nitrogen and oxygen atoms in total. The number of hydrogen-bond acceptors (Lipinski definition) is 5. The molecule has 27 heavy (non-hydrogen) atoms. The molecule has 1 aromatic heterocycles. The van der Waals surface area contributed by atoms with Crippen LogP contribution in [0.25, 0.3) is 11.5 Å². The highest BCUT2D eigenvalue weighted by molar-refractivity contribution is 5.99. The van der Waals surface area contributed by atoms with Crippen LogP contribution in [0.5, 0.6) is 0 Å². The van der Waals surface area contributed by atoms with Gasteiger partial charge in [-0.2, -0.15) is 4.98 Å². The van der Waals surface area contributed by atoms with Crippen LogP contribution >= 0.6 is 0 Å². The highest BCUT2D eigenvalue weighted by Gasteiger charge is 2.23. The molecule has 140 valence electrons. The van der Waals surface area contributed by atoms with Gasteiger partial charge in [0, 0.05) is 17.6 Å². The van der Waals surface area contributed by atoms with Crippen molar-refractivity contribution in [3.8, 4) is 11.5 Å². The number of nitrogens with one attached hydrogen (secondary N) is 1. The van der Waals surface area contributed by atoms with E-state index < -0.39 is 0 Å². The number of carbonyl (C=O) groups is 1. The molecule has 6 heteroatoms. The molecule has 0 atom stereocenters. The zero-order valence-corrected chi connectivity index (χ0v) is 15.8. The molecule has 0 radical (unpaired) electrons. The van der Waals surface area contributed by atoms with Crippen LogP contribution in [0.2, 0.25) is 0 Å². The molecule has 3 N–H and O–H groups in total. The highest BCUT2D eigenvalue weighted by atomic mass is 16.5. The molecule has 0 fully saturated rings. The van der Waals surface area contributed by atoms with E-state index in [1.54, 1.807) is 6.07 Å². The summed E-state index contributed by atoms with van der Waals surface area (Å²) in [5.74, 6) is 0.789. The maximum Gasteiger partial charge on any atom is 0.258 e. The monoisotopic (exact) mass is 364 g/mol. The van der Waals surface area contributed by atoms with E-state index in [4.69, 9.17) is 10.3 Å². The van der Waals surface area contributed by atoms with E-state index in [2.05, 4.69) is 15.5 Å². The van der Waals surface area contributed by atoms with Crippen molar-refractivity contribution in [1.82, 2.24) is 15.5 Å². The lowest BCUT2D eigenvalue weighted by Gasteiger charge is -2.11. The first-order valence-corrected chi connectivity index (χ1v) is 8.91. The number of hydrogen-bond donors (Lipinski definition) is 2. The van der Waals surface area contributed by atoms with Crippen LogP contribution in [0.3, 0.4) is 0 Å². The normalized spacial score (nSPS) is 11.4. The lowest BCUT2D eigenvalue weighted by Crippen LogP contribution is -2.26. The van der Waals surface area contributed by atoms with E-state index >= 15 is 0 Å². The van der Waals surface area contributed by atoms with E-state index in [0.717, 1.165) is 17.7 Å². The van der Waals surface area contributed by atoms with Crippen LogP contribution in [0.4, 0.5) is 5.69 Å². The van der Waals surface area contributed by atoms with E-state index in [1.807, 2.05) is 63.2 Å². The Balaban J connectivity index is 1.72. The standard InChI is InChI=1S/C21H24N4O2/c1-21(2,3)20-24-19(27-25-20)17-7-5-4-6-16(17)18(26)23-13-12-14-8-10-15(22)11-9-14/h4-11H,12-13,22H2,1-3H3,(H,23,26). The fourth-order valence-electron chi connectivity index (χ4n) is 2.61. The average molecular weight is 364 g/mol. The Bertz CT molecular complexity index is 924. The van der Waals surface area contributed by atoms with Gasteiger partial charge >= 0.3 is 0 Å². The highest BCUT2D eigenvalue weighted by Crippen LogP contribution is 2.26. The molecule has 0 aliphatic rings. The molecule has 3 aromatic rings. The number of nitrogens with two attached hydrogens (primary N) is 1. The van der Waals surface area contributed by atoms with Gasteiger partial charge in [-0.15, -0.1) is 0 Å². The second-order valence-corrected chi connectivity index (χ2v) is 7.47. The summed E-state index contributed by atoms with van der Waals surface area (Å²) in [7, 11) is 0. The Morgan fingerprint density at radius 2 is 1.81 bits per heavy atom. The number of nitrogens with zero attached hydrogens (tertiary/aromatic N) is 2. The average Bonchev–Trinajstić information content (AvgIpc) is 3.14. The first kappa shape index (κ1) is 18.6. The number of amides is 1. The summed E-state index contributed by atoms with van der Waals surface area (Å²) in [6.45, 7) is 6.56. The van der Waals surface area contributed by atoms with Gasteiger partial charge in [0.05, 0.1) is 11.1 Å². The molecule has 3 rings (SSSR count). The zero-order valence-electron chi connectivity index (χ0n) is 15.8. The molecule has 0 spiro atoms. The Morgan fingerprint density at radius 1 is 1.11 bits per heavy atom. The van der Waals surface area contributed by atoms with Crippen molar-refractivity contribution >= 4 is 11.6 Å². The number of nitrogen functional groups attached to an aromatic ring is 1. The summed E-state index contributed by atoms with van der Waals surface area (Å²) in [5.41, 5.74) is 8.45. The topological polar surface area (TPSA) is 94.0 Å². The van der Waals surface area contributed by atoms with Crippen molar-refractivity contribution in [2.75, 3.05) is 12.3 Å². The minimum atomic E-state index is -0.224. The Kier molecular flexibility index (Phi) is 5.26. The third-order valence-corrected chi connectivity index (χ3v) is 4.18.